The lowest BCUT2D eigenvalue weighted by molar-refractivity contribution is -0.138. The number of aliphatic carboxylic acids is 1. The van der Waals surface area contributed by atoms with Crippen LogP contribution in [0.15, 0.2) is 6.07 Å². The summed E-state index contributed by atoms with van der Waals surface area (Å²) in [6.45, 7) is 3.30. The van der Waals surface area contributed by atoms with E-state index in [4.69, 9.17) is 28.3 Å². The van der Waals surface area contributed by atoms with E-state index in [0.717, 1.165) is 18.5 Å². The molecule has 1 heterocycles. The van der Waals surface area contributed by atoms with Crippen LogP contribution in [0.2, 0.25) is 8.67 Å². The molecule has 1 N–H and O–H groups in total. The van der Waals surface area contributed by atoms with Crippen LogP contribution >= 0.6 is 34.5 Å². The van der Waals surface area contributed by atoms with E-state index < -0.39 is 5.97 Å². The monoisotopic (exact) mass is 281 g/mol. The van der Waals surface area contributed by atoms with Gasteiger partial charge in [-0.25, -0.2) is 0 Å². The van der Waals surface area contributed by atoms with Gasteiger partial charge < -0.3 is 5.11 Å². The zero-order valence-corrected chi connectivity index (χ0v) is 11.2. The van der Waals surface area contributed by atoms with E-state index in [1.807, 2.05) is 11.8 Å². The standard InChI is InChI=1S/C10H13Cl2NO2S/c1-2-3-13(6-9(14)15)5-7-4-8(11)16-10(7)12/h4H,2-3,5-6H2,1H3,(H,14,15). The van der Waals surface area contributed by atoms with Crippen LogP contribution in [-0.4, -0.2) is 29.1 Å². The van der Waals surface area contributed by atoms with Crippen LogP contribution < -0.4 is 0 Å². The van der Waals surface area contributed by atoms with Crippen LogP contribution in [0.3, 0.4) is 0 Å². The Hall–Kier alpha value is -0.290. The molecule has 0 fully saturated rings. The first kappa shape index (κ1) is 13.8. The Balaban J connectivity index is 2.66. The van der Waals surface area contributed by atoms with Crippen LogP contribution in [0.4, 0.5) is 0 Å². The molecule has 0 aliphatic heterocycles. The summed E-state index contributed by atoms with van der Waals surface area (Å²) in [4.78, 5) is 12.5. The molecule has 0 radical (unpaired) electrons. The van der Waals surface area contributed by atoms with Crippen molar-refractivity contribution in [3.8, 4) is 0 Å². The van der Waals surface area contributed by atoms with Crippen LogP contribution in [-0.2, 0) is 11.3 Å². The molecule has 0 aliphatic rings. The molecule has 0 bridgehead atoms. The van der Waals surface area contributed by atoms with Crippen molar-refractivity contribution < 1.29 is 9.90 Å². The van der Waals surface area contributed by atoms with E-state index in [-0.39, 0.29) is 6.54 Å². The minimum absolute atomic E-state index is 0.0254. The van der Waals surface area contributed by atoms with Gasteiger partial charge in [-0.1, -0.05) is 30.1 Å². The van der Waals surface area contributed by atoms with Gasteiger partial charge in [0.1, 0.15) is 0 Å². The summed E-state index contributed by atoms with van der Waals surface area (Å²) < 4.78 is 1.27. The highest BCUT2D eigenvalue weighted by Gasteiger charge is 2.13. The highest BCUT2D eigenvalue weighted by molar-refractivity contribution is 7.20. The highest BCUT2D eigenvalue weighted by Crippen LogP contribution is 2.31. The molecule has 0 atom stereocenters. The summed E-state index contributed by atoms with van der Waals surface area (Å²) in [5.74, 6) is -0.828. The van der Waals surface area contributed by atoms with E-state index in [0.29, 0.717) is 15.2 Å². The topological polar surface area (TPSA) is 40.5 Å². The Morgan fingerprint density at radius 1 is 1.56 bits per heavy atom. The Bertz CT molecular complexity index is 368. The number of carboxylic acids is 1. The molecule has 6 heteroatoms. The first-order chi connectivity index (χ1) is 7.52. The van der Waals surface area contributed by atoms with E-state index in [9.17, 15) is 4.79 Å². The Morgan fingerprint density at radius 3 is 2.69 bits per heavy atom. The zero-order valence-electron chi connectivity index (χ0n) is 8.87. The lowest BCUT2D eigenvalue weighted by Gasteiger charge is -2.18. The number of halogens is 2. The molecular weight excluding hydrogens is 269 g/mol. The van der Waals surface area contributed by atoms with E-state index >= 15 is 0 Å². The quantitative estimate of drug-likeness (QED) is 0.869. The summed E-state index contributed by atoms with van der Waals surface area (Å²) >= 11 is 13.1. The van der Waals surface area contributed by atoms with E-state index in [2.05, 4.69) is 0 Å². The SMILES string of the molecule is CCCN(CC(=O)O)Cc1cc(Cl)sc1Cl. The molecule has 1 aromatic rings. The third-order valence-electron chi connectivity index (χ3n) is 2.02. The van der Waals surface area contributed by atoms with Gasteiger partial charge >= 0.3 is 5.97 Å². The van der Waals surface area contributed by atoms with Crippen molar-refractivity contribution >= 4 is 40.5 Å². The molecule has 90 valence electrons. The molecule has 1 rings (SSSR count). The molecule has 0 unspecified atom stereocenters. The molecule has 16 heavy (non-hydrogen) atoms. The van der Waals surface area contributed by atoms with Crippen LogP contribution in [0.5, 0.6) is 0 Å². The van der Waals surface area contributed by atoms with Gasteiger partial charge in [-0.05, 0) is 24.6 Å². The minimum Gasteiger partial charge on any atom is -0.480 e. The first-order valence-electron chi connectivity index (χ1n) is 4.90. The van der Waals surface area contributed by atoms with Gasteiger partial charge in [-0.3, -0.25) is 9.69 Å². The maximum absolute atomic E-state index is 10.7. The molecule has 0 saturated heterocycles. The Labute approximate surface area is 109 Å². The smallest absolute Gasteiger partial charge is 0.317 e. The van der Waals surface area contributed by atoms with Gasteiger partial charge in [0.15, 0.2) is 0 Å². The van der Waals surface area contributed by atoms with Crippen molar-refractivity contribution in [3.05, 3.63) is 20.3 Å². The Kier molecular flexibility index (Phi) is 5.55. The third-order valence-corrected chi connectivity index (χ3v) is 3.59. The number of thiophene rings is 1. The van der Waals surface area contributed by atoms with Gasteiger partial charge in [0.2, 0.25) is 0 Å². The highest BCUT2D eigenvalue weighted by atomic mass is 35.5. The largest absolute Gasteiger partial charge is 0.480 e. The summed E-state index contributed by atoms with van der Waals surface area (Å²) in [5.41, 5.74) is 0.895. The molecular formula is C10H13Cl2NO2S. The van der Waals surface area contributed by atoms with Crippen molar-refractivity contribution in [2.75, 3.05) is 13.1 Å². The lowest BCUT2D eigenvalue weighted by atomic mass is 10.3. The Morgan fingerprint density at radius 2 is 2.25 bits per heavy atom. The normalized spacial score (nSPS) is 11.0. The second kappa shape index (κ2) is 6.45. The summed E-state index contributed by atoms with van der Waals surface area (Å²) in [7, 11) is 0. The van der Waals surface area contributed by atoms with Gasteiger partial charge in [-0.2, -0.15) is 0 Å². The van der Waals surface area contributed by atoms with Crippen molar-refractivity contribution in [3.63, 3.8) is 0 Å². The molecule has 0 spiro atoms. The van der Waals surface area contributed by atoms with Crippen molar-refractivity contribution in [1.29, 1.82) is 0 Å². The fraction of sp³-hybridized carbons (Fsp3) is 0.500. The molecule has 0 saturated carbocycles. The lowest BCUT2D eigenvalue weighted by Crippen LogP contribution is -2.29. The van der Waals surface area contributed by atoms with Crippen molar-refractivity contribution in [2.24, 2.45) is 0 Å². The van der Waals surface area contributed by atoms with Crippen LogP contribution in [0.1, 0.15) is 18.9 Å². The molecule has 0 aromatic carbocycles. The number of hydrogen-bond acceptors (Lipinski definition) is 3. The van der Waals surface area contributed by atoms with Gasteiger partial charge in [0, 0.05) is 6.54 Å². The average molecular weight is 282 g/mol. The van der Waals surface area contributed by atoms with Crippen molar-refractivity contribution in [2.45, 2.75) is 19.9 Å². The zero-order chi connectivity index (χ0) is 12.1. The number of rotatable bonds is 6. The van der Waals surface area contributed by atoms with E-state index in [1.165, 1.54) is 11.3 Å². The second-order valence-electron chi connectivity index (χ2n) is 3.45. The predicted octanol–water partition coefficient (Wildman–Crippen LogP) is 3.35. The summed E-state index contributed by atoms with van der Waals surface area (Å²) in [6, 6.07) is 1.79. The van der Waals surface area contributed by atoms with E-state index in [1.54, 1.807) is 6.07 Å². The molecule has 0 aliphatic carbocycles. The predicted molar refractivity (Wildman–Crippen MR) is 67.5 cm³/mol. The second-order valence-corrected chi connectivity index (χ2v) is 5.74. The maximum atomic E-state index is 10.7. The summed E-state index contributed by atoms with van der Waals surface area (Å²) in [5, 5.41) is 8.76. The van der Waals surface area contributed by atoms with Gasteiger partial charge in [-0.15, -0.1) is 11.3 Å². The average Bonchev–Trinajstić information content (AvgIpc) is 2.44. The molecule has 1 aromatic heterocycles. The van der Waals surface area contributed by atoms with Gasteiger partial charge in [0.05, 0.1) is 15.2 Å². The number of hydrogen-bond donors (Lipinski definition) is 1. The number of nitrogens with zero attached hydrogens (tertiary/aromatic N) is 1. The molecule has 3 nitrogen and oxygen atoms in total. The number of carbonyl (C=O) groups is 1. The third kappa shape index (κ3) is 4.29. The van der Waals surface area contributed by atoms with Crippen molar-refractivity contribution in [1.82, 2.24) is 4.90 Å². The fourth-order valence-electron chi connectivity index (χ4n) is 1.44. The van der Waals surface area contributed by atoms with Crippen LogP contribution in [0.25, 0.3) is 0 Å². The van der Waals surface area contributed by atoms with Gasteiger partial charge in [0.25, 0.3) is 0 Å². The minimum atomic E-state index is -0.828. The molecule has 0 amide bonds. The maximum Gasteiger partial charge on any atom is 0.317 e. The number of carboxylic acid groups (broad SMARTS) is 1. The van der Waals surface area contributed by atoms with Crippen LogP contribution in [0, 0.1) is 0 Å². The first-order valence-corrected chi connectivity index (χ1v) is 6.48. The fourth-order valence-corrected chi connectivity index (χ4v) is 2.92. The summed E-state index contributed by atoms with van der Waals surface area (Å²) in [6.07, 6.45) is 0.906.